The molecule has 1 heterocycles. The molecule has 150 valence electrons. The molecule has 1 N–H and O–H groups in total. The van der Waals surface area contributed by atoms with Gasteiger partial charge in [-0.15, -0.1) is 0 Å². The van der Waals surface area contributed by atoms with Gasteiger partial charge in [-0.25, -0.2) is 4.79 Å². The monoisotopic (exact) mass is 386 g/mol. The molecule has 0 radical (unpaired) electrons. The summed E-state index contributed by atoms with van der Waals surface area (Å²) < 4.78 is 16.9. The largest absolute Gasteiger partial charge is 0.516 e. The molecule has 8 unspecified atom stereocenters. The molecule has 4 aliphatic carbocycles. The first-order chi connectivity index (χ1) is 13.7. The second-order valence-corrected chi connectivity index (χ2v) is 8.78. The van der Waals surface area contributed by atoms with E-state index in [1.807, 2.05) is 0 Å². The van der Waals surface area contributed by atoms with Crippen molar-refractivity contribution in [2.45, 2.75) is 50.7 Å². The van der Waals surface area contributed by atoms with Gasteiger partial charge in [-0.05, 0) is 74.0 Å². The fraction of sp³-hybridized carbons (Fsp3) is 0.636. The molecule has 4 fully saturated rings. The number of hydrogen-bond donors (Lipinski definition) is 1. The Morgan fingerprint density at radius 2 is 1.82 bits per heavy atom. The van der Waals surface area contributed by atoms with Gasteiger partial charge in [0.2, 0.25) is 5.76 Å². The number of rotatable bonds is 6. The molecule has 0 spiro atoms. The van der Waals surface area contributed by atoms with Crippen LogP contribution >= 0.6 is 0 Å². The van der Waals surface area contributed by atoms with Crippen molar-refractivity contribution in [1.29, 1.82) is 0 Å². The maximum atomic E-state index is 12.5. The van der Waals surface area contributed by atoms with Gasteiger partial charge in [0.15, 0.2) is 0 Å². The Kier molecular flexibility index (Phi) is 4.44. The van der Waals surface area contributed by atoms with Gasteiger partial charge in [0.05, 0.1) is 12.5 Å². The smallest absolute Gasteiger partial charge is 0.374 e. The van der Waals surface area contributed by atoms with E-state index in [-0.39, 0.29) is 42.2 Å². The molecule has 4 bridgehead atoms. The molecule has 0 aliphatic heterocycles. The van der Waals surface area contributed by atoms with Crippen molar-refractivity contribution in [3.63, 3.8) is 0 Å². The highest BCUT2D eigenvalue weighted by Crippen LogP contribution is 2.68. The first-order valence-electron chi connectivity index (χ1n) is 10.4. The fourth-order valence-electron chi connectivity index (χ4n) is 6.84. The lowest BCUT2D eigenvalue weighted by molar-refractivity contribution is -0.164. The molecule has 8 atom stereocenters. The van der Waals surface area contributed by atoms with E-state index in [1.165, 1.54) is 31.6 Å². The van der Waals surface area contributed by atoms with Crippen LogP contribution in [0, 0.1) is 35.5 Å². The van der Waals surface area contributed by atoms with E-state index < -0.39 is 5.97 Å². The van der Waals surface area contributed by atoms with Gasteiger partial charge >= 0.3 is 11.9 Å². The van der Waals surface area contributed by atoms with Gasteiger partial charge in [-0.3, -0.25) is 4.79 Å². The SMILES string of the molecule is O=C(CC/C=C\O)OC1C2CC(C1OC(=O)c1ccco1)C1C3CCC(C3)C21. The van der Waals surface area contributed by atoms with Crippen LogP contribution in [-0.2, 0) is 14.3 Å². The number of esters is 2. The number of allylic oxidation sites excluding steroid dienone is 1. The average Bonchev–Trinajstić information content (AvgIpc) is 3.47. The molecule has 0 amide bonds. The van der Waals surface area contributed by atoms with Crippen molar-refractivity contribution in [2.75, 3.05) is 0 Å². The molecule has 4 aliphatic rings. The maximum Gasteiger partial charge on any atom is 0.374 e. The zero-order valence-electron chi connectivity index (χ0n) is 15.7. The Bertz CT molecular complexity index is 768. The highest BCUT2D eigenvalue weighted by molar-refractivity contribution is 5.86. The third kappa shape index (κ3) is 2.76. The van der Waals surface area contributed by atoms with Crippen LogP contribution in [0.2, 0.25) is 0 Å². The van der Waals surface area contributed by atoms with E-state index in [4.69, 9.17) is 19.0 Å². The van der Waals surface area contributed by atoms with Gasteiger partial charge in [0, 0.05) is 18.3 Å². The molecule has 28 heavy (non-hydrogen) atoms. The zero-order valence-corrected chi connectivity index (χ0v) is 15.7. The van der Waals surface area contributed by atoms with Crippen molar-refractivity contribution >= 4 is 11.9 Å². The Morgan fingerprint density at radius 3 is 2.46 bits per heavy atom. The number of aliphatic hydroxyl groups is 1. The van der Waals surface area contributed by atoms with Crippen molar-refractivity contribution in [3.8, 4) is 0 Å². The average molecular weight is 386 g/mol. The number of aliphatic hydroxyl groups excluding tert-OH is 1. The van der Waals surface area contributed by atoms with Crippen LogP contribution in [0.15, 0.2) is 35.2 Å². The minimum absolute atomic E-state index is 0.186. The summed E-state index contributed by atoms with van der Waals surface area (Å²) in [4.78, 5) is 24.9. The minimum Gasteiger partial charge on any atom is -0.516 e. The van der Waals surface area contributed by atoms with Crippen LogP contribution in [0.25, 0.3) is 0 Å². The summed E-state index contributed by atoms with van der Waals surface area (Å²) in [6, 6.07) is 3.26. The molecule has 1 aromatic heterocycles. The zero-order chi connectivity index (χ0) is 19.3. The molecule has 6 nitrogen and oxygen atoms in total. The molecule has 0 aromatic carbocycles. The molecule has 6 heteroatoms. The highest BCUT2D eigenvalue weighted by Gasteiger charge is 2.68. The summed E-state index contributed by atoms with van der Waals surface area (Å²) >= 11 is 0. The van der Waals surface area contributed by atoms with E-state index >= 15 is 0 Å². The standard InChI is InChI=1S/C22H26O6/c23-8-2-1-5-17(24)27-20-14-11-15(19-13-7-6-12(10-13)18(14)19)21(20)28-22(25)16-4-3-9-26-16/h2-4,8-9,12-15,18-21,23H,1,5-7,10-11H2/b8-2-. The van der Waals surface area contributed by atoms with E-state index in [0.29, 0.717) is 18.3 Å². The van der Waals surface area contributed by atoms with E-state index in [2.05, 4.69) is 0 Å². The number of ether oxygens (including phenoxy) is 2. The molecule has 0 saturated heterocycles. The van der Waals surface area contributed by atoms with Crippen LogP contribution in [0.3, 0.4) is 0 Å². The summed E-state index contributed by atoms with van der Waals surface area (Å²) in [7, 11) is 0. The predicted octanol–water partition coefficient (Wildman–Crippen LogP) is 3.88. The lowest BCUT2D eigenvalue weighted by atomic mass is 9.69. The summed E-state index contributed by atoms with van der Waals surface area (Å²) in [6.45, 7) is 0. The van der Waals surface area contributed by atoms with Gasteiger partial charge in [-0.1, -0.05) is 0 Å². The molecule has 5 rings (SSSR count). The Hall–Kier alpha value is -2.24. The van der Waals surface area contributed by atoms with E-state index in [9.17, 15) is 9.59 Å². The summed E-state index contributed by atoms with van der Waals surface area (Å²) in [6.07, 6.45) is 8.65. The number of furan rings is 1. The Labute approximate surface area is 163 Å². The normalized spacial score (nSPS) is 40.1. The summed E-state index contributed by atoms with van der Waals surface area (Å²) in [5.41, 5.74) is 0. The van der Waals surface area contributed by atoms with Crippen LogP contribution in [-0.4, -0.2) is 29.3 Å². The fourth-order valence-corrected chi connectivity index (χ4v) is 6.84. The van der Waals surface area contributed by atoms with Crippen molar-refractivity contribution in [2.24, 2.45) is 35.5 Å². The van der Waals surface area contributed by atoms with Crippen LogP contribution in [0.1, 0.15) is 49.1 Å². The second-order valence-electron chi connectivity index (χ2n) is 8.78. The Balaban J connectivity index is 1.35. The maximum absolute atomic E-state index is 12.5. The molecular weight excluding hydrogens is 360 g/mol. The van der Waals surface area contributed by atoms with Gasteiger partial charge in [0.25, 0.3) is 0 Å². The lowest BCUT2D eigenvalue weighted by Gasteiger charge is -2.42. The highest BCUT2D eigenvalue weighted by atomic mass is 16.6. The third-order valence-electron chi connectivity index (χ3n) is 7.60. The number of carbonyl (C=O) groups is 2. The number of hydrogen-bond acceptors (Lipinski definition) is 6. The van der Waals surface area contributed by atoms with Gasteiger partial charge < -0.3 is 19.0 Å². The van der Waals surface area contributed by atoms with Crippen LogP contribution < -0.4 is 0 Å². The van der Waals surface area contributed by atoms with E-state index in [0.717, 1.165) is 24.5 Å². The van der Waals surface area contributed by atoms with E-state index in [1.54, 1.807) is 12.1 Å². The minimum atomic E-state index is -0.480. The van der Waals surface area contributed by atoms with Gasteiger partial charge in [0.1, 0.15) is 12.2 Å². The first kappa shape index (κ1) is 17.8. The second kappa shape index (κ2) is 6.98. The Morgan fingerprint density at radius 1 is 1.11 bits per heavy atom. The topological polar surface area (TPSA) is 86.0 Å². The number of fused-ring (bicyclic) bond motifs is 9. The summed E-state index contributed by atoms with van der Waals surface area (Å²) in [5.74, 6) is 2.66. The molecule has 1 aromatic rings. The van der Waals surface area contributed by atoms with Crippen LogP contribution in [0.4, 0.5) is 0 Å². The van der Waals surface area contributed by atoms with Crippen LogP contribution in [0.5, 0.6) is 0 Å². The van der Waals surface area contributed by atoms with Crippen molar-refractivity contribution < 1.29 is 28.6 Å². The first-order valence-corrected chi connectivity index (χ1v) is 10.4. The molecular formula is C22H26O6. The van der Waals surface area contributed by atoms with Crippen molar-refractivity contribution in [1.82, 2.24) is 0 Å². The predicted molar refractivity (Wildman–Crippen MR) is 98.2 cm³/mol. The van der Waals surface area contributed by atoms with Gasteiger partial charge in [-0.2, -0.15) is 0 Å². The lowest BCUT2D eigenvalue weighted by Crippen LogP contribution is -2.48. The quantitative estimate of drug-likeness (QED) is 0.454. The molecule has 4 saturated carbocycles. The third-order valence-corrected chi connectivity index (χ3v) is 7.60. The summed E-state index contributed by atoms with van der Waals surface area (Å²) in [5, 5.41) is 8.75. The number of carbonyl (C=O) groups excluding carboxylic acids is 2. The van der Waals surface area contributed by atoms with Crippen molar-refractivity contribution in [3.05, 3.63) is 36.5 Å².